The molecule has 2 nitrogen and oxygen atoms in total. The van der Waals surface area contributed by atoms with Gasteiger partial charge in [-0.25, -0.2) is 4.98 Å². The van der Waals surface area contributed by atoms with E-state index < -0.39 is 0 Å². The number of nitrogens with zero attached hydrogens (tertiary/aromatic N) is 2. The van der Waals surface area contributed by atoms with Crippen LogP contribution in [0.2, 0.25) is 15.2 Å². The Morgan fingerprint density at radius 1 is 1.00 bits per heavy atom. The fourth-order valence-electron chi connectivity index (χ4n) is 2.00. The van der Waals surface area contributed by atoms with Crippen LogP contribution in [0.3, 0.4) is 0 Å². The summed E-state index contributed by atoms with van der Waals surface area (Å²) in [5, 5.41) is 2.81. The lowest BCUT2D eigenvalue weighted by molar-refractivity contribution is 0.825. The topological polar surface area (TPSA) is 17.8 Å². The van der Waals surface area contributed by atoms with Crippen LogP contribution in [0.25, 0.3) is 11.0 Å². The van der Waals surface area contributed by atoms with E-state index in [0.717, 1.165) is 16.6 Å². The van der Waals surface area contributed by atoms with E-state index in [1.54, 1.807) is 12.1 Å². The maximum Gasteiger partial charge on any atom is 0.141 e. The predicted octanol–water partition coefficient (Wildman–Crippen LogP) is 5.04. The molecule has 19 heavy (non-hydrogen) atoms. The van der Waals surface area contributed by atoms with E-state index in [2.05, 4.69) is 4.98 Å². The summed E-state index contributed by atoms with van der Waals surface area (Å²) in [6.07, 6.45) is 1.97. The first-order valence-corrected chi connectivity index (χ1v) is 6.82. The molecule has 1 aromatic carbocycles. The lowest BCUT2D eigenvalue weighted by Gasteiger charge is -2.07. The zero-order chi connectivity index (χ0) is 13.4. The number of benzene rings is 1. The largest absolute Gasteiger partial charge is 0.328 e. The van der Waals surface area contributed by atoms with Crippen molar-refractivity contribution in [1.82, 2.24) is 9.55 Å². The molecule has 0 spiro atoms. The lowest BCUT2D eigenvalue weighted by Crippen LogP contribution is -2.00. The molecular weight excluding hydrogens is 303 g/mol. The van der Waals surface area contributed by atoms with Crippen LogP contribution in [0.5, 0.6) is 0 Å². The lowest BCUT2D eigenvalue weighted by atomic mass is 10.2. The molecule has 96 valence electrons. The molecule has 0 aliphatic carbocycles. The summed E-state index contributed by atoms with van der Waals surface area (Å²) >= 11 is 18.0. The average Bonchev–Trinajstić information content (AvgIpc) is 2.75. The molecule has 0 saturated carbocycles. The summed E-state index contributed by atoms with van der Waals surface area (Å²) < 4.78 is 2.01. The Morgan fingerprint density at radius 2 is 1.84 bits per heavy atom. The highest BCUT2D eigenvalue weighted by Crippen LogP contribution is 2.24. The van der Waals surface area contributed by atoms with Gasteiger partial charge in [0.05, 0.1) is 6.54 Å². The summed E-state index contributed by atoms with van der Waals surface area (Å²) in [7, 11) is 0. The molecule has 0 unspecified atom stereocenters. The normalized spacial score (nSPS) is 11.1. The number of pyridine rings is 1. The van der Waals surface area contributed by atoms with Gasteiger partial charge in [0.2, 0.25) is 0 Å². The van der Waals surface area contributed by atoms with Gasteiger partial charge in [-0.15, -0.1) is 0 Å². The van der Waals surface area contributed by atoms with Crippen LogP contribution in [0.4, 0.5) is 0 Å². The van der Waals surface area contributed by atoms with E-state index in [1.807, 2.05) is 35.0 Å². The van der Waals surface area contributed by atoms with E-state index in [1.165, 1.54) is 0 Å². The monoisotopic (exact) mass is 310 g/mol. The highest BCUT2D eigenvalue weighted by molar-refractivity contribution is 6.35. The van der Waals surface area contributed by atoms with Crippen molar-refractivity contribution >= 4 is 45.8 Å². The van der Waals surface area contributed by atoms with Crippen LogP contribution in [0.15, 0.2) is 42.6 Å². The molecule has 0 atom stereocenters. The van der Waals surface area contributed by atoms with Gasteiger partial charge in [0, 0.05) is 21.6 Å². The smallest absolute Gasteiger partial charge is 0.141 e. The van der Waals surface area contributed by atoms with Crippen LogP contribution in [0.1, 0.15) is 5.56 Å². The third kappa shape index (κ3) is 2.57. The standard InChI is InChI=1S/C14H9Cl3N2/c15-11-3-1-10(12(16)7-11)8-19-6-5-9-2-4-13(17)18-14(9)19/h1-7H,8H2. The van der Waals surface area contributed by atoms with Gasteiger partial charge < -0.3 is 4.57 Å². The molecule has 0 aliphatic rings. The third-order valence-corrected chi connectivity index (χ3v) is 3.73. The van der Waals surface area contributed by atoms with Crippen molar-refractivity contribution in [3.05, 3.63) is 63.4 Å². The number of fused-ring (bicyclic) bond motifs is 1. The summed E-state index contributed by atoms with van der Waals surface area (Å²) in [6.45, 7) is 0.632. The minimum atomic E-state index is 0.481. The predicted molar refractivity (Wildman–Crippen MR) is 80.3 cm³/mol. The highest BCUT2D eigenvalue weighted by atomic mass is 35.5. The van der Waals surface area contributed by atoms with Crippen molar-refractivity contribution in [2.24, 2.45) is 0 Å². The molecule has 3 aromatic rings. The maximum absolute atomic E-state index is 6.18. The first kappa shape index (κ1) is 12.8. The van der Waals surface area contributed by atoms with Crippen LogP contribution >= 0.6 is 34.8 Å². The van der Waals surface area contributed by atoms with Crippen LogP contribution in [-0.4, -0.2) is 9.55 Å². The van der Waals surface area contributed by atoms with E-state index in [9.17, 15) is 0 Å². The number of halogens is 3. The van der Waals surface area contributed by atoms with E-state index >= 15 is 0 Å². The minimum Gasteiger partial charge on any atom is -0.328 e. The Balaban J connectivity index is 2.03. The molecule has 0 aliphatic heterocycles. The van der Waals surface area contributed by atoms with E-state index in [-0.39, 0.29) is 0 Å². The SMILES string of the molecule is Clc1ccc(Cn2ccc3ccc(Cl)nc32)c(Cl)c1. The maximum atomic E-state index is 6.18. The quantitative estimate of drug-likeness (QED) is 0.606. The van der Waals surface area contributed by atoms with Gasteiger partial charge in [-0.3, -0.25) is 0 Å². The fraction of sp³-hybridized carbons (Fsp3) is 0.0714. The van der Waals surface area contributed by atoms with Crippen LogP contribution in [0, 0.1) is 0 Å². The Morgan fingerprint density at radius 3 is 2.63 bits per heavy atom. The second-order valence-corrected chi connectivity index (χ2v) is 5.46. The molecular formula is C14H9Cl3N2. The number of hydrogen-bond acceptors (Lipinski definition) is 1. The van der Waals surface area contributed by atoms with Crippen LogP contribution in [-0.2, 0) is 6.54 Å². The molecule has 0 bridgehead atoms. The number of rotatable bonds is 2. The first-order valence-electron chi connectivity index (χ1n) is 5.69. The van der Waals surface area contributed by atoms with Gasteiger partial charge in [-0.05, 0) is 35.9 Å². The molecule has 2 heterocycles. The van der Waals surface area contributed by atoms with Crippen molar-refractivity contribution < 1.29 is 0 Å². The van der Waals surface area contributed by atoms with Gasteiger partial charge in [0.15, 0.2) is 0 Å². The molecule has 3 rings (SSSR count). The van der Waals surface area contributed by atoms with Gasteiger partial charge in [0.1, 0.15) is 10.8 Å². The molecule has 5 heteroatoms. The van der Waals surface area contributed by atoms with Gasteiger partial charge in [-0.2, -0.15) is 0 Å². The molecule has 0 saturated heterocycles. The van der Waals surface area contributed by atoms with Gasteiger partial charge in [-0.1, -0.05) is 40.9 Å². The molecule has 0 fully saturated rings. The first-order chi connectivity index (χ1) is 9.13. The summed E-state index contributed by atoms with van der Waals surface area (Å²) in [5.74, 6) is 0. The zero-order valence-corrected chi connectivity index (χ0v) is 12.0. The molecule has 0 radical (unpaired) electrons. The van der Waals surface area contributed by atoms with E-state index in [4.69, 9.17) is 34.8 Å². The zero-order valence-electron chi connectivity index (χ0n) is 9.78. The van der Waals surface area contributed by atoms with Crippen molar-refractivity contribution in [2.75, 3.05) is 0 Å². The van der Waals surface area contributed by atoms with Crippen molar-refractivity contribution in [3.8, 4) is 0 Å². The van der Waals surface area contributed by atoms with Crippen molar-refractivity contribution in [2.45, 2.75) is 6.54 Å². The van der Waals surface area contributed by atoms with Crippen LogP contribution < -0.4 is 0 Å². The van der Waals surface area contributed by atoms with Crippen molar-refractivity contribution in [3.63, 3.8) is 0 Å². The molecule has 0 amide bonds. The Hall–Kier alpha value is -1.22. The second-order valence-electron chi connectivity index (χ2n) is 4.23. The number of hydrogen-bond donors (Lipinski definition) is 0. The highest BCUT2D eigenvalue weighted by Gasteiger charge is 2.07. The summed E-state index contributed by atoms with van der Waals surface area (Å²) in [4.78, 5) is 4.34. The summed E-state index contributed by atoms with van der Waals surface area (Å²) in [5.41, 5.74) is 1.84. The molecule has 0 N–H and O–H groups in total. The Labute approximate surface area is 125 Å². The third-order valence-electron chi connectivity index (χ3n) is 2.93. The summed E-state index contributed by atoms with van der Waals surface area (Å²) in [6, 6.07) is 11.2. The Bertz CT molecular complexity index is 750. The van der Waals surface area contributed by atoms with Crippen molar-refractivity contribution in [1.29, 1.82) is 0 Å². The fourth-order valence-corrected chi connectivity index (χ4v) is 2.61. The Kier molecular flexibility index (Phi) is 3.40. The second kappa shape index (κ2) is 5.04. The number of aromatic nitrogens is 2. The average molecular weight is 312 g/mol. The van der Waals surface area contributed by atoms with E-state index in [0.29, 0.717) is 21.7 Å². The molecule has 2 aromatic heterocycles. The van der Waals surface area contributed by atoms with Gasteiger partial charge in [0.25, 0.3) is 0 Å². The minimum absolute atomic E-state index is 0.481. The van der Waals surface area contributed by atoms with Gasteiger partial charge >= 0.3 is 0 Å².